The number of nitrogens with one attached hydrogen (secondary N) is 3. The zero-order valence-corrected chi connectivity index (χ0v) is 22.1. The van der Waals surface area contributed by atoms with E-state index in [0.717, 1.165) is 4.90 Å². The van der Waals surface area contributed by atoms with Crippen molar-refractivity contribution >= 4 is 36.4 Å². The Kier molecular flexibility index (Phi) is 14.9. The van der Waals surface area contributed by atoms with Crippen LogP contribution in [0, 0.1) is 0 Å². The summed E-state index contributed by atoms with van der Waals surface area (Å²) in [5.74, 6) is -2.92. The van der Waals surface area contributed by atoms with Crippen molar-refractivity contribution in [2.45, 2.75) is 62.7 Å². The van der Waals surface area contributed by atoms with Crippen molar-refractivity contribution in [2.75, 3.05) is 40.3 Å². The van der Waals surface area contributed by atoms with Crippen LogP contribution in [0.15, 0.2) is 0 Å². The number of likely N-dealkylation sites (N-methyl/N-ethyl adjacent to an activating group) is 2. The molecule has 0 aliphatic carbocycles. The third-order valence-electron chi connectivity index (χ3n) is 6.30. The van der Waals surface area contributed by atoms with Gasteiger partial charge >= 0.3 is 0 Å². The van der Waals surface area contributed by atoms with Crippen molar-refractivity contribution in [2.24, 2.45) is 0 Å². The first-order chi connectivity index (χ1) is 18.5. The van der Waals surface area contributed by atoms with Gasteiger partial charge in [0.2, 0.25) is 30.5 Å². The van der Waals surface area contributed by atoms with Gasteiger partial charge in [0.15, 0.2) is 0 Å². The molecule has 0 saturated carbocycles. The van der Waals surface area contributed by atoms with E-state index in [2.05, 4.69) is 16.0 Å². The summed E-state index contributed by atoms with van der Waals surface area (Å²) in [6.07, 6.45) is 1.56. The number of amides is 6. The van der Waals surface area contributed by atoms with Gasteiger partial charge < -0.3 is 26.0 Å². The monoisotopic (exact) mass is 561 g/mol. The lowest BCUT2D eigenvalue weighted by Gasteiger charge is -2.35. The molecule has 17 nitrogen and oxygen atoms in total. The Morgan fingerprint density at radius 1 is 1.00 bits per heavy atom. The molecule has 0 aromatic heterocycles. The first-order valence-electron chi connectivity index (χ1n) is 12.5. The van der Waals surface area contributed by atoms with Gasteiger partial charge in [0.25, 0.3) is 5.91 Å². The predicted octanol–water partition coefficient (Wildman–Crippen LogP) is -3.37. The number of hydroxylamine groups is 6. The molecule has 1 heterocycles. The molecule has 1 fully saturated rings. The standard InChI is InChI=1S/C22H39N7O10/c1-23-15(6-3-9-27(37)13-31)19(33)25-17(12-30)20(34)24-16(7-4-10-28(38)14-32)21(35)26(2)18-8-5-11-29(39)22(18)36/h13-18,23,30,37-39H,3-12H2,1-2H3,(H,24,34)(H,25,33)/t15-,16-,17-,18-/m0/s1. The predicted molar refractivity (Wildman–Crippen MR) is 131 cm³/mol. The molecule has 4 atom stereocenters. The molecule has 1 aliphatic rings. The van der Waals surface area contributed by atoms with Crippen LogP contribution >= 0.6 is 0 Å². The molecule has 222 valence electrons. The average molecular weight is 562 g/mol. The Morgan fingerprint density at radius 2 is 1.51 bits per heavy atom. The van der Waals surface area contributed by atoms with Crippen LogP contribution < -0.4 is 16.0 Å². The highest BCUT2D eigenvalue weighted by atomic mass is 16.5. The average Bonchev–Trinajstić information content (AvgIpc) is 2.93. The van der Waals surface area contributed by atoms with E-state index in [1.54, 1.807) is 0 Å². The molecule has 1 rings (SSSR count). The van der Waals surface area contributed by atoms with Crippen LogP contribution in [-0.4, -0.2) is 142 Å². The molecule has 0 spiro atoms. The number of aliphatic hydroxyl groups is 1. The van der Waals surface area contributed by atoms with Crippen LogP contribution in [0.5, 0.6) is 0 Å². The summed E-state index contributed by atoms with van der Waals surface area (Å²) < 4.78 is 0. The molecule has 17 heteroatoms. The highest BCUT2D eigenvalue weighted by Crippen LogP contribution is 2.17. The van der Waals surface area contributed by atoms with Gasteiger partial charge in [-0.3, -0.25) is 44.4 Å². The minimum atomic E-state index is -1.45. The SMILES string of the molecule is CN[C@@H](CCCN(O)C=O)C(=O)N[C@@H](CO)C(=O)N[C@@H](CCCN(O)C=O)C(=O)N(C)[C@H]1CCCN(O)C1=O. The minimum Gasteiger partial charge on any atom is -0.394 e. The van der Waals surface area contributed by atoms with Gasteiger partial charge in [-0.05, 0) is 45.6 Å². The fourth-order valence-electron chi connectivity index (χ4n) is 4.02. The highest BCUT2D eigenvalue weighted by molar-refractivity contribution is 5.94. The minimum absolute atomic E-state index is 0.0247. The van der Waals surface area contributed by atoms with Crippen LogP contribution in [0.1, 0.15) is 38.5 Å². The van der Waals surface area contributed by atoms with Crippen LogP contribution in [0.4, 0.5) is 0 Å². The van der Waals surface area contributed by atoms with Crippen molar-refractivity contribution in [3.05, 3.63) is 0 Å². The quantitative estimate of drug-likeness (QED) is 0.0496. The molecular formula is C22H39N7O10. The first-order valence-corrected chi connectivity index (χ1v) is 12.5. The van der Waals surface area contributed by atoms with E-state index < -0.39 is 54.4 Å². The third kappa shape index (κ3) is 10.7. The summed E-state index contributed by atoms with van der Waals surface area (Å²) in [5, 5.41) is 46.9. The van der Waals surface area contributed by atoms with E-state index in [1.807, 2.05) is 0 Å². The van der Waals surface area contributed by atoms with Gasteiger partial charge in [0.1, 0.15) is 18.1 Å². The maximum atomic E-state index is 13.3. The van der Waals surface area contributed by atoms with Gasteiger partial charge in [-0.15, -0.1) is 0 Å². The van der Waals surface area contributed by atoms with E-state index in [-0.39, 0.29) is 64.6 Å². The van der Waals surface area contributed by atoms with Crippen molar-refractivity contribution in [1.82, 2.24) is 36.0 Å². The highest BCUT2D eigenvalue weighted by Gasteiger charge is 2.37. The second-order valence-electron chi connectivity index (χ2n) is 9.04. The van der Waals surface area contributed by atoms with Gasteiger partial charge in [-0.2, -0.15) is 0 Å². The lowest BCUT2D eigenvalue weighted by molar-refractivity contribution is -0.179. The molecular weight excluding hydrogens is 522 g/mol. The van der Waals surface area contributed by atoms with Crippen molar-refractivity contribution in [3.63, 3.8) is 0 Å². The van der Waals surface area contributed by atoms with Crippen LogP contribution in [0.2, 0.25) is 0 Å². The molecule has 0 bridgehead atoms. The number of hydrogen-bond acceptors (Lipinski definition) is 11. The molecule has 1 aliphatic heterocycles. The maximum Gasteiger partial charge on any atom is 0.268 e. The Labute approximate surface area is 225 Å². The Balaban J connectivity index is 2.93. The number of aliphatic hydroxyl groups excluding tert-OH is 1. The second kappa shape index (κ2) is 17.3. The van der Waals surface area contributed by atoms with E-state index in [0.29, 0.717) is 21.6 Å². The fourth-order valence-corrected chi connectivity index (χ4v) is 4.02. The number of nitrogens with zero attached hydrogens (tertiary/aromatic N) is 4. The Morgan fingerprint density at radius 3 is 2.03 bits per heavy atom. The topological polar surface area (TPSA) is 232 Å². The Hall–Kier alpha value is -3.38. The number of carbonyl (C=O) groups is 6. The molecule has 39 heavy (non-hydrogen) atoms. The normalized spacial score (nSPS) is 17.4. The third-order valence-corrected chi connectivity index (χ3v) is 6.30. The zero-order valence-electron chi connectivity index (χ0n) is 22.1. The molecule has 7 N–H and O–H groups in total. The number of hydrogen-bond donors (Lipinski definition) is 7. The van der Waals surface area contributed by atoms with E-state index in [9.17, 15) is 49.5 Å². The van der Waals surface area contributed by atoms with Crippen LogP contribution in [0.3, 0.4) is 0 Å². The van der Waals surface area contributed by atoms with E-state index in [1.165, 1.54) is 14.1 Å². The number of carbonyl (C=O) groups excluding carboxylic acids is 6. The number of rotatable bonds is 18. The molecule has 0 unspecified atom stereocenters. The lowest BCUT2D eigenvalue weighted by atomic mass is 10.0. The Bertz CT molecular complexity index is 848. The van der Waals surface area contributed by atoms with Gasteiger partial charge in [-0.1, -0.05) is 0 Å². The first kappa shape index (κ1) is 33.6. The van der Waals surface area contributed by atoms with Crippen LogP contribution in [-0.2, 0) is 28.8 Å². The lowest BCUT2D eigenvalue weighted by Crippen LogP contribution is -2.59. The van der Waals surface area contributed by atoms with Crippen molar-refractivity contribution in [3.8, 4) is 0 Å². The maximum absolute atomic E-state index is 13.3. The van der Waals surface area contributed by atoms with Crippen molar-refractivity contribution in [1.29, 1.82) is 0 Å². The van der Waals surface area contributed by atoms with E-state index in [4.69, 9.17) is 0 Å². The van der Waals surface area contributed by atoms with Gasteiger partial charge in [0, 0.05) is 26.7 Å². The molecule has 0 radical (unpaired) electrons. The summed E-state index contributed by atoms with van der Waals surface area (Å²) in [6, 6.07) is -4.51. The smallest absolute Gasteiger partial charge is 0.268 e. The fraction of sp³-hybridized carbons (Fsp3) is 0.727. The molecule has 6 amide bonds. The number of piperidine rings is 1. The summed E-state index contributed by atoms with van der Waals surface area (Å²) in [7, 11) is 2.83. The molecule has 0 aromatic carbocycles. The molecule has 1 saturated heterocycles. The van der Waals surface area contributed by atoms with Gasteiger partial charge in [-0.25, -0.2) is 15.2 Å². The summed E-state index contributed by atoms with van der Waals surface area (Å²) in [6.45, 7) is -0.866. The second-order valence-corrected chi connectivity index (χ2v) is 9.04. The zero-order chi connectivity index (χ0) is 29.5. The molecule has 0 aromatic rings. The van der Waals surface area contributed by atoms with Crippen LogP contribution in [0.25, 0.3) is 0 Å². The summed E-state index contributed by atoms with van der Waals surface area (Å²) in [4.78, 5) is 73.5. The summed E-state index contributed by atoms with van der Waals surface area (Å²) in [5.41, 5.74) is 0. The van der Waals surface area contributed by atoms with Crippen molar-refractivity contribution < 1.29 is 49.5 Å². The van der Waals surface area contributed by atoms with Gasteiger partial charge in [0.05, 0.1) is 12.6 Å². The summed E-state index contributed by atoms with van der Waals surface area (Å²) >= 11 is 0. The van der Waals surface area contributed by atoms with E-state index >= 15 is 0 Å². The largest absolute Gasteiger partial charge is 0.394 e.